The van der Waals surface area contributed by atoms with Gasteiger partial charge < -0.3 is 9.64 Å². The zero-order valence-electron chi connectivity index (χ0n) is 14.5. The molecule has 0 bridgehead atoms. The van der Waals surface area contributed by atoms with E-state index in [2.05, 4.69) is 0 Å². The second kappa shape index (κ2) is 7.97. The molecule has 1 fully saturated rings. The number of nitrogens with zero attached hydrogens (tertiary/aromatic N) is 1. The van der Waals surface area contributed by atoms with E-state index in [1.54, 1.807) is 4.90 Å². The smallest absolute Gasteiger partial charge is 0.260 e. The van der Waals surface area contributed by atoms with Crippen molar-refractivity contribution in [3.63, 3.8) is 0 Å². The van der Waals surface area contributed by atoms with E-state index in [1.165, 1.54) is 0 Å². The number of likely N-dealkylation sites (tertiary alicyclic amines) is 1. The van der Waals surface area contributed by atoms with Crippen LogP contribution in [-0.4, -0.2) is 36.3 Å². The topological polar surface area (TPSA) is 46.6 Å². The van der Waals surface area contributed by atoms with Crippen molar-refractivity contribution in [2.24, 2.45) is 5.92 Å². The molecule has 1 aliphatic rings. The van der Waals surface area contributed by atoms with Gasteiger partial charge in [0.05, 0.1) is 0 Å². The fourth-order valence-electron chi connectivity index (χ4n) is 3.17. The van der Waals surface area contributed by atoms with Gasteiger partial charge in [-0.2, -0.15) is 0 Å². The van der Waals surface area contributed by atoms with Gasteiger partial charge in [0.1, 0.15) is 5.75 Å². The molecule has 4 nitrogen and oxygen atoms in total. The Labute approximate surface area is 148 Å². The van der Waals surface area contributed by atoms with Crippen molar-refractivity contribution < 1.29 is 14.3 Å². The van der Waals surface area contributed by atoms with Gasteiger partial charge >= 0.3 is 0 Å². The first-order valence-corrected chi connectivity index (χ1v) is 8.70. The number of ketones is 1. The maximum Gasteiger partial charge on any atom is 0.260 e. The van der Waals surface area contributed by atoms with Crippen LogP contribution in [-0.2, 0) is 4.79 Å². The molecule has 130 valence electrons. The molecule has 1 saturated heterocycles. The van der Waals surface area contributed by atoms with Crippen LogP contribution in [0, 0.1) is 12.8 Å². The Balaban J connectivity index is 1.48. The lowest BCUT2D eigenvalue weighted by Crippen LogP contribution is -2.42. The first-order chi connectivity index (χ1) is 12.1. The number of benzene rings is 2. The number of piperidine rings is 1. The lowest BCUT2D eigenvalue weighted by Gasteiger charge is -2.31. The van der Waals surface area contributed by atoms with Crippen LogP contribution in [0.2, 0.25) is 0 Å². The standard InChI is InChI=1S/C21H23NO3/c1-16-6-5-9-19(14-16)25-15-20(23)22-12-10-18(11-13-22)21(24)17-7-3-2-4-8-17/h2-9,14,18H,10-13,15H2,1H3. The minimum Gasteiger partial charge on any atom is -0.484 e. The molecule has 2 aromatic carbocycles. The van der Waals surface area contributed by atoms with Crippen LogP contribution in [0.3, 0.4) is 0 Å². The Hall–Kier alpha value is -2.62. The SMILES string of the molecule is Cc1cccc(OCC(=O)N2CCC(C(=O)c3ccccc3)CC2)c1. The maximum atomic E-state index is 12.5. The first kappa shape index (κ1) is 17.2. The number of hydrogen-bond acceptors (Lipinski definition) is 3. The third-order valence-corrected chi connectivity index (χ3v) is 4.63. The Kier molecular flexibility index (Phi) is 5.49. The van der Waals surface area contributed by atoms with Crippen molar-refractivity contribution in [1.82, 2.24) is 4.90 Å². The van der Waals surface area contributed by atoms with E-state index in [-0.39, 0.29) is 24.2 Å². The molecule has 0 unspecified atom stereocenters. The van der Waals surface area contributed by atoms with Crippen molar-refractivity contribution in [3.8, 4) is 5.75 Å². The third kappa shape index (κ3) is 4.47. The molecule has 0 N–H and O–H groups in total. The normalized spacial score (nSPS) is 15.0. The summed E-state index contributed by atoms with van der Waals surface area (Å²) in [6, 6.07) is 17.1. The average Bonchev–Trinajstić information content (AvgIpc) is 2.66. The van der Waals surface area contributed by atoms with Gasteiger partial charge in [0.2, 0.25) is 0 Å². The zero-order valence-corrected chi connectivity index (χ0v) is 14.5. The van der Waals surface area contributed by atoms with Crippen LogP contribution in [0.25, 0.3) is 0 Å². The van der Waals surface area contributed by atoms with Crippen molar-refractivity contribution in [1.29, 1.82) is 0 Å². The monoisotopic (exact) mass is 337 g/mol. The molecule has 0 aliphatic carbocycles. The van der Waals surface area contributed by atoms with E-state index in [9.17, 15) is 9.59 Å². The van der Waals surface area contributed by atoms with Gasteiger partial charge in [-0.1, -0.05) is 42.5 Å². The summed E-state index contributed by atoms with van der Waals surface area (Å²) >= 11 is 0. The molecule has 2 aromatic rings. The summed E-state index contributed by atoms with van der Waals surface area (Å²) in [5.41, 5.74) is 1.86. The summed E-state index contributed by atoms with van der Waals surface area (Å²) in [5.74, 6) is 0.877. The Morgan fingerprint density at radius 2 is 1.76 bits per heavy atom. The highest BCUT2D eigenvalue weighted by Crippen LogP contribution is 2.22. The van der Waals surface area contributed by atoms with E-state index >= 15 is 0 Å². The second-order valence-corrected chi connectivity index (χ2v) is 6.49. The van der Waals surface area contributed by atoms with Crippen molar-refractivity contribution in [3.05, 3.63) is 65.7 Å². The second-order valence-electron chi connectivity index (χ2n) is 6.49. The molecule has 4 heteroatoms. The van der Waals surface area contributed by atoms with Gasteiger partial charge in [-0.15, -0.1) is 0 Å². The molecular weight excluding hydrogens is 314 g/mol. The lowest BCUT2D eigenvalue weighted by atomic mass is 9.89. The van der Waals surface area contributed by atoms with Crippen molar-refractivity contribution >= 4 is 11.7 Å². The highest BCUT2D eigenvalue weighted by Gasteiger charge is 2.27. The summed E-state index contributed by atoms with van der Waals surface area (Å²) in [6.07, 6.45) is 1.42. The number of aryl methyl sites for hydroxylation is 1. The Morgan fingerprint density at radius 1 is 1.04 bits per heavy atom. The molecule has 0 aromatic heterocycles. The van der Waals surface area contributed by atoms with Gasteiger partial charge in [0.15, 0.2) is 12.4 Å². The molecule has 25 heavy (non-hydrogen) atoms. The van der Waals surface area contributed by atoms with E-state index in [4.69, 9.17) is 4.74 Å². The summed E-state index contributed by atoms with van der Waals surface area (Å²) in [4.78, 5) is 26.6. The van der Waals surface area contributed by atoms with Crippen LogP contribution < -0.4 is 4.74 Å². The molecule has 3 rings (SSSR count). The van der Waals surface area contributed by atoms with E-state index < -0.39 is 0 Å². The van der Waals surface area contributed by atoms with E-state index in [0.29, 0.717) is 31.7 Å². The molecule has 0 radical (unpaired) electrons. The van der Waals surface area contributed by atoms with Gasteiger partial charge in [-0.25, -0.2) is 0 Å². The number of ether oxygens (including phenoxy) is 1. The molecular formula is C21H23NO3. The average molecular weight is 337 g/mol. The van der Waals surface area contributed by atoms with Crippen LogP contribution in [0.5, 0.6) is 5.75 Å². The van der Waals surface area contributed by atoms with Crippen LogP contribution >= 0.6 is 0 Å². The largest absolute Gasteiger partial charge is 0.484 e. The zero-order chi connectivity index (χ0) is 17.6. The van der Waals surface area contributed by atoms with Gasteiger partial charge in [-0.3, -0.25) is 9.59 Å². The van der Waals surface area contributed by atoms with Crippen molar-refractivity contribution in [2.45, 2.75) is 19.8 Å². The Morgan fingerprint density at radius 3 is 2.44 bits per heavy atom. The summed E-state index contributed by atoms with van der Waals surface area (Å²) in [6.45, 7) is 3.25. The Bertz CT molecular complexity index is 734. The first-order valence-electron chi connectivity index (χ1n) is 8.70. The van der Waals surface area contributed by atoms with E-state index in [1.807, 2.05) is 61.5 Å². The summed E-state index contributed by atoms with van der Waals surface area (Å²) in [7, 11) is 0. The fraction of sp³-hybridized carbons (Fsp3) is 0.333. The summed E-state index contributed by atoms with van der Waals surface area (Å²) < 4.78 is 5.59. The van der Waals surface area contributed by atoms with Gasteiger partial charge in [0, 0.05) is 24.6 Å². The minimum absolute atomic E-state index is 0.00383. The quantitative estimate of drug-likeness (QED) is 0.785. The predicted octanol–water partition coefficient (Wildman–Crippen LogP) is 3.50. The van der Waals surface area contributed by atoms with Gasteiger partial charge in [0.25, 0.3) is 5.91 Å². The number of carbonyl (C=O) groups is 2. The molecule has 1 aliphatic heterocycles. The molecule has 0 atom stereocenters. The maximum absolute atomic E-state index is 12.5. The van der Waals surface area contributed by atoms with Crippen LogP contribution in [0.1, 0.15) is 28.8 Å². The number of carbonyl (C=O) groups excluding carboxylic acids is 2. The third-order valence-electron chi connectivity index (χ3n) is 4.63. The minimum atomic E-state index is -0.0212. The number of rotatable bonds is 5. The van der Waals surface area contributed by atoms with Crippen molar-refractivity contribution in [2.75, 3.05) is 19.7 Å². The molecule has 0 saturated carbocycles. The molecule has 1 amide bonds. The fourth-order valence-corrected chi connectivity index (χ4v) is 3.17. The highest BCUT2D eigenvalue weighted by molar-refractivity contribution is 5.98. The highest BCUT2D eigenvalue weighted by atomic mass is 16.5. The van der Waals surface area contributed by atoms with Crippen LogP contribution in [0.4, 0.5) is 0 Å². The van der Waals surface area contributed by atoms with Crippen LogP contribution in [0.15, 0.2) is 54.6 Å². The molecule has 1 heterocycles. The molecule has 0 spiro atoms. The van der Waals surface area contributed by atoms with Gasteiger partial charge in [-0.05, 0) is 37.5 Å². The number of Topliss-reactive ketones (excluding diaryl/α,β-unsaturated/α-hetero) is 1. The van der Waals surface area contributed by atoms with E-state index in [0.717, 1.165) is 11.1 Å². The predicted molar refractivity (Wildman–Crippen MR) is 96.8 cm³/mol. The summed E-state index contributed by atoms with van der Waals surface area (Å²) in [5, 5.41) is 0. The lowest BCUT2D eigenvalue weighted by molar-refractivity contribution is -0.134. The number of hydrogen-bond donors (Lipinski definition) is 0. The number of amides is 1.